The summed E-state index contributed by atoms with van der Waals surface area (Å²) in [5.74, 6) is 0.0694. The first-order valence-electron chi connectivity index (χ1n) is 3.45. The fourth-order valence-electron chi connectivity index (χ4n) is 0.318. The molecule has 1 unspecified atom stereocenters. The minimum absolute atomic E-state index is 0.0694. The zero-order valence-electron chi connectivity index (χ0n) is 6.71. The van der Waals surface area contributed by atoms with Crippen molar-refractivity contribution in [2.45, 2.75) is 20.3 Å². The normalized spacial score (nSPS) is 10.7. The molecule has 0 fully saturated rings. The van der Waals surface area contributed by atoms with Gasteiger partial charge in [0.15, 0.2) is 0 Å². The summed E-state index contributed by atoms with van der Waals surface area (Å²) in [5.41, 5.74) is 0. The lowest BCUT2D eigenvalue weighted by Crippen LogP contribution is -1.92. The standard InChI is InChI=1S/C6H10O.C2H6O/c1-3-6(4-2)5-7;1-2-3/h3,5-6H,1,4H2,2H3;3H,2H2,1H3. The topological polar surface area (TPSA) is 37.3 Å². The van der Waals surface area contributed by atoms with E-state index >= 15 is 0 Å². The van der Waals surface area contributed by atoms with Crippen LogP contribution in [0.2, 0.25) is 0 Å². The van der Waals surface area contributed by atoms with E-state index in [9.17, 15) is 4.79 Å². The van der Waals surface area contributed by atoms with Crippen LogP contribution >= 0.6 is 0 Å². The number of hydrogen-bond donors (Lipinski definition) is 1. The molecule has 0 saturated heterocycles. The second-order valence-corrected chi connectivity index (χ2v) is 1.76. The van der Waals surface area contributed by atoms with E-state index in [-0.39, 0.29) is 12.5 Å². The Morgan fingerprint density at radius 1 is 1.60 bits per heavy atom. The van der Waals surface area contributed by atoms with Gasteiger partial charge in [0.1, 0.15) is 6.29 Å². The minimum Gasteiger partial charge on any atom is -0.397 e. The van der Waals surface area contributed by atoms with Gasteiger partial charge in [-0.3, -0.25) is 0 Å². The van der Waals surface area contributed by atoms with Crippen LogP contribution < -0.4 is 0 Å². The van der Waals surface area contributed by atoms with Crippen LogP contribution in [0.1, 0.15) is 20.3 Å². The molecule has 0 amide bonds. The first kappa shape index (κ1) is 12.1. The van der Waals surface area contributed by atoms with Gasteiger partial charge in [-0.25, -0.2) is 0 Å². The second kappa shape index (κ2) is 11.2. The zero-order valence-corrected chi connectivity index (χ0v) is 6.71. The van der Waals surface area contributed by atoms with Crippen molar-refractivity contribution >= 4 is 6.29 Å². The van der Waals surface area contributed by atoms with Crippen LogP contribution in [0.3, 0.4) is 0 Å². The highest BCUT2D eigenvalue weighted by Crippen LogP contribution is 1.96. The Hall–Kier alpha value is -0.630. The quantitative estimate of drug-likeness (QED) is 0.480. The molecule has 0 aromatic carbocycles. The Balaban J connectivity index is 0. The monoisotopic (exact) mass is 144 g/mol. The largest absolute Gasteiger partial charge is 0.397 e. The lowest BCUT2D eigenvalue weighted by atomic mass is 10.1. The fourth-order valence-corrected chi connectivity index (χ4v) is 0.318. The average molecular weight is 144 g/mol. The number of rotatable bonds is 3. The maximum atomic E-state index is 9.90. The molecule has 0 rings (SSSR count). The molecule has 2 heteroatoms. The molecular formula is C8H16O2. The number of carbonyl (C=O) groups is 1. The van der Waals surface area contributed by atoms with Crippen molar-refractivity contribution in [2.24, 2.45) is 5.92 Å². The molecule has 1 N–H and O–H groups in total. The van der Waals surface area contributed by atoms with Crippen LogP contribution in [-0.2, 0) is 4.79 Å². The molecule has 10 heavy (non-hydrogen) atoms. The third kappa shape index (κ3) is 10.4. The van der Waals surface area contributed by atoms with Gasteiger partial charge in [0.25, 0.3) is 0 Å². The summed E-state index contributed by atoms with van der Waals surface area (Å²) in [6.45, 7) is 7.36. The maximum Gasteiger partial charge on any atom is 0.126 e. The molecule has 0 aliphatic carbocycles. The fraction of sp³-hybridized carbons (Fsp3) is 0.625. The van der Waals surface area contributed by atoms with E-state index in [2.05, 4.69) is 6.58 Å². The highest BCUT2D eigenvalue weighted by molar-refractivity contribution is 5.55. The molecule has 0 saturated carbocycles. The van der Waals surface area contributed by atoms with Crippen LogP contribution in [0.15, 0.2) is 12.7 Å². The predicted molar refractivity (Wildman–Crippen MR) is 42.8 cm³/mol. The van der Waals surface area contributed by atoms with Crippen LogP contribution in [0.4, 0.5) is 0 Å². The number of aliphatic hydroxyl groups is 1. The van der Waals surface area contributed by atoms with Crippen molar-refractivity contribution in [3.8, 4) is 0 Å². The molecule has 1 atom stereocenters. The van der Waals surface area contributed by atoms with Crippen molar-refractivity contribution in [1.82, 2.24) is 0 Å². The molecule has 60 valence electrons. The minimum atomic E-state index is 0.0694. The van der Waals surface area contributed by atoms with Crippen molar-refractivity contribution in [3.63, 3.8) is 0 Å². The first-order chi connectivity index (χ1) is 4.76. The van der Waals surface area contributed by atoms with Gasteiger partial charge >= 0.3 is 0 Å². The van der Waals surface area contributed by atoms with E-state index < -0.39 is 0 Å². The number of allylic oxidation sites excluding steroid dienone is 1. The van der Waals surface area contributed by atoms with Gasteiger partial charge < -0.3 is 9.90 Å². The van der Waals surface area contributed by atoms with Crippen LogP contribution in [-0.4, -0.2) is 18.0 Å². The SMILES string of the molecule is C=CC(C=O)CC.CCO. The summed E-state index contributed by atoms with van der Waals surface area (Å²) < 4.78 is 0. The lowest BCUT2D eigenvalue weighted by Gasteiger charge is -1.92. The molecule has 0 bridgehead atoms. The summed E-state index contributed by atoms with van der Waals surface area (Å²) in [7, 11) is 0. The van der Waals surface area contributed by atoms with E-state index in [1.807, 2.05) is 6.92 Å². The molecule has 0 aromatic heterocycles. The summed E-state index contributed by atoms with van der Waals surface area (Å²) >= 11 is 0. The molecular weight excluding hydrogens is 128 g/mol. The van der Waals surface area contributed by atoms with Gasteiger partial charge in [-0.05, 0) is 13.3 Å². The number of aldehydes is 1. The smallest absolute Gasteiger partial charge is 0.126 e. The van der Waals surface area contributed by atoms with Crippen molar-refractivity contribution in [2.75, 3.05) is 6.61 Å². The molecule has 0 spiro atoms. The summed E-state index contributed by atoms with van der Waals surface area (Å²) in [5, 5.41) is 7.57. The zero-order chi connectivity index (χ0) is 8.41. The third-order valence-corrected chi connectivity index (χ3v) is 0.949. The molecule has 2 nitrogen and oxygen atoms in total. The van der Waals surface area contributed by atoms with E-state index in [1.165, 1.54) is 0 Å². The van der Waals surface area contributed by atoms with Crippen LogP contribution in [0, 0.1) is 5.92 Å². The number of hydrogen-bond acceptors (Lipinski definition) is 2. The molecule has 0 radical (unpaired) electrons. The van der Waals surface area contributed by atoms with Gasteiger partial charge in [0.2, 0.25) is 0 Å². The lowest BCUT2D eigenvalue weighted by molar-refractivity contribution is -0.109. The molecule has 0 aliphatic rings. The van der Waals surface area contributed by atoms with Gasteiger partial charge in [0, 0.05) is 12.5 Å². The van der Waals surface area contributed by atoms with Gasteiger partial charge in [-0.1, -0.05) is 13.0 Å². The first-order valence-corrected chi connectivity index (χ1v) is 3.45. The van der Waals surface area contributed by atoms with Crippen LogP contribution in [0.5, 0.6) is 0 Å². The summed E-state index contributed by atoms with van der Waals surface area (Å²) in [6.07, 6.45) is 3.44. The Morgan fingerprint density at radius 3 is 2.00 bits per heavy atom. The van der Waals surface area contributed by atoms with Gasteiger partial charge in [-0.15, -0.1) is 6.58 Å². The Morgan fingerprint density at radius 2 is 2.00 bits per heavy atom. The van der Waals surface area contributed by atoms with E-state index in [0.29, 0.717) is 0 Å². The molecule has 0 aliphatic heterocycles. The summed E-state index contributed by atoms with van der Waals surface area (Å²) in [4.78, 5) is 9.90. The Labute approximate surface area is 62.6 Å². The van der Waals surface area contributed by atoms with Crippen molar-refractivity contribution in [3.05, 3.63) is 12.7 Å². The van der Waals surface area contributed by atoms with E-state index in [0.717, 1.165) is 12.7 Å². The maximum absolute atomic E-state index is 9.90. The summed E-state index contributed by atoms with van der Waals surface area (Å²) in [6, 6.07) is 0. The van der Waals surface area contributed by atoms with E-state index in [1.54, 1.807) is 13.0 Å². The van der Waals surface area contributed by atoms with Gasteiger partial charge in [0.05, 0.1) is 0 Å². The Kier molecular flexibility index (Phi) is 13.5. The number of carbonyl (C=O) groups excluding carboxylic acids is 1. The average Bonchev–Trinajstić information content (AvgIpc) is 1.93. The van der Waals surface area contributed by atoms with Crippen LogP contribution in [0.25, 0.3) is 0 Å². The highest BCUT2D eigenvalue weighted by atomic mass is 16.2. The molecule has 0 heterocycles. The molecule has 0 aromatic rings. The number of aliphatic hydroxyl groups excluding tert-OH is 1. The third-order valence-electron chi connectivity index (χ3n) is 0.949. The second-order valence-electron chi connectivity index (χ2n) is 1.76. The Bertz CT molecular complexity index is 71.3. The van der Waals surface area contributed by atoms with Crippen molar-refractivity contribution in [1.29, 1.82) is 0 Å². The highest BCUT2D eigenvalue weighted by Gasteiger charge is 1.92. The van der Waals surface area contributed by atoms with E-state index in [4.69, 9.17) is 5.11 Å². The predicted octanol–water partition coefficient (Wildman–Crippen LogP) is 1.40. The van der Waals surface area contributed by atoms with Gasteiger partial charge in [-0.2, -0.15) is 0 Å². The van der Waals surface area contributed by atoms with Crippen molar-refractivity contribution < 1.29 is 9.90 Å².